The molecule has 0 spiro atoms. The van der Waals surface area contributed by atoms with Crippen LogP contribution in [0.2, 0.25) is 0 Å². The molecule has 2 nitrogen and oxygen atoms in total. The summed E-state index contributed by atoms with van der Waals surface area (Å²) in [4.78, 5) is 4.15. The molecule has 0 saturated heterocycles. The number of aryl methyl sites for hydroxylation is 2. The van der Waals surface area contributed by atoms with Crippen LogP contribution in [0.1, 0.15) is 29.8 Å². The minimum atomic E-state index is 0.355. The molecule has 0 bridgehead atoms. The Balaban J connectivity index is 2.32. The summed E-state index contributed by atoms with van der Waals surface area (Å²) in [6.07, 6.45) is 3.78. The van der Waals surface area contributed by atoms with Crippen LogP contribution in [0, 0.1) is 13.8 Å². The van der Waals surface area contributed by atoms with Gasteiger partial charge in [0.1, 0.15) is 0 Å². The summed E-state index contributed by atoms with van der Waals surface area (Å²) in [5.41, 5.74) is 3.82. The van der Waals surface area contributed by atoms with Crippen LogP contribution < -0.4 is 0 Å². The minimum Gasteiger partial charge on any atom is -0.328 e. The fourth-order valence-electron chi connectivity index (χ4n) is 1.78. The third-order valence-electron chi connectivity index (χ3n) is 2.84. The van der Waals surface area contributed by atoms with Gasteiger partial charge in [-0.3, -0.25) is 0 Å². The molecule has 0 aliphatic heterocycles. The first-order valence-electron chi connectivity index (χ1n) is 5.23. The van der Waals surface area contributed by atoms with Gasteiger partial charge in [-0.05, 0) is 26.3 Å². The van der Waals surface area contributed by atoms with Crippen molar-refractivity contribution in [2.45, 2.75) is 26.8 Å². The van der Waals surface area contributed by atoms with E-state index in [0.29, 0.717) is 6.04 Å². The van der Waals surface area contributed by atoms with E-state index < -0.39 is 0 Å². The molecule has 0 aliphatic carbocycles. The number of nitrogens with zero attached hydrogens (tertiary/aromatic N) is 2. The van der Waals surface area contributed by atoms with Crippen molar-refractivity contribution in [3.63, 3.8) is 0 Å². The lowest BCUT2D eigenvalue weighted by molar-refractivity contribution is 0.622. The maximum absolute atomic E-state index is 4.15. The third kappa shape index (κ3) is 1.94. The van der Waals surface area contributed by atoms with Crippen LogP contribution >= 0.6 is 0 Å². The SMILES string of the molecule is Cc1ccc(C(C)n2cncc2C)cc1. The van der Waals surface area contributed by atoms with Gasteiger partial charge in [0.25, 0.3) is 0 Å². The smallest absolute Gasteiger partial charge is 0.0953 e. The van der Waals surface area contributed by atoms with E-state index in [-0.39, 0.29) is 0 Å². The van der Waals surface area contributed by atoms with Crippen molar-refractivity contribution in [3.8, 4) is 0 Å². The second-order valence-electron chi connectivity index (χ2n) is 4.03. The standard InChI is InChI=1S/C13H16N2/c1-10-4-6-13(7-5-10)12(3)15-9-14-8-11(15)2/h4-9,12H,1-3H3. The molecule has 15 heavy (non-hydrogen) atoms. The maximum Gasteiger partial charge on any atom is 0.0953 e. The average Bonchev–Trinajstić information content (AvgIpc) is 2.65. The van der Waals surface area contributed by atoms with E-state index in [1.807, 2.05) is 12.5 Å². The second-order valence-corrected chi connectivity index (χ2v) is 4.03. The van der Waals surface area contributed by atoms with Gasteiger partial charge in [0.05, 0.1) is 12.4 Å². The van der Waals surface area contributed by atoms with Gasteiger partial charge in [0.15, 0.2) is 0 Å². The molecule has 2 heteroatoms. The summed E-state index contributed by atoms with van der Waals surface area (Å²) in [6, 6.07) is 9.02. The lowest BCUT2D eigenvalue weighted by Gasteiger charge is -2.15. The molecule has 1 unspecified atom stereocenters. The summed E-state index contributed by atoms with van der Waals surface area (Å²) >= 11 is 0. The molecule has 0 amide bonds. The molecule has 0 N–H and O–H groups in total. The van der Waals surface area contributed by atoms with E-state index in [1.54, 1.807) is 0 Å². The highest BCUT2D eigenvalue weighted by Gasteiger charge is 2.08. The molecular weight excluding hydrogens is 184 g/mol. The first-order chi connectivity index (χ1) is 7.18. The molecule has 0 radical (unpaired) electrons. The average molecular weight is 200 g/mol. The van der Waals surface area contributed by atoms with Crippen molar-refractivity contribution < 1.29 is 0 Å². The van der Waals surface area contributed by atoms with E-state index >= 15 is 0 Å². The first kappa shape index (κ1) is 9.97. The van der Waals surface area contributed by atoms with Crippen LogP contribution in [0.4, 0.5) is 0 Å². The number of imidazole rings is 1. The predicted octanol–water partition coefficient (Wildman–Crippen LogP) is 3.11. The van der Waals surface area contributed by atoms with Gasteiger partial charge in [0.2, 0.25) is 0 Å². The van der Waals surface area contributed by atoms with Crippen LogP contribution in [-0.2, 0) is 0 Å². The molecule has 1 heterocycles. The van der Waals surface area contributed by atoms with Crippen molar-refractivity contribution in [2.75, 3.05) is 0 Å². The maximum atomic E-state index is 4.15. The molecule has 2 aromatic rings. The Bertz CT molecular complexity index is 440. The number of aromatic nitrogens is 2. The summed E-state index contributed by atoms with van der Waals surface area (Å²) in [5.74, 6) is 0. The number of hydrogen-bond donors (Lipinski definition) is 0. The van der Waals surface area contributed by atoms with E-state index in [4.69, 9.17) is 0 Å². The normalized spacial score (nSPS) is 12.7. The number of hydrogen-bond acceptors (Lipinski definition) is 1. The predicted molar refractivity (Wildman–Crippen MR) is 62.0 cm³/mol. The Labute approximate surface area is 90.6 Å². The van der Waals surface area contributed by atoms with Crippen LogP contribution in [0.5, 0.6) is 0 Å². The highest BCUT2D eigenvalue weighted by atomic mass is 15.1. The summed E-state index contributed by atoms with van der Waals surface area (Å²) in [7, 11) is 0. The zero-order chi connectivity index (χ0) is 10.8. The Morgan fingerprint density at radius 3 is 2.33 bits per heavy atom. The Hall–Kier alpha value is -1.57. The fraction of sp³-hybridized carbons (Fsp3) is 0.308. The van der Waals surface area contributed by atoms with Crippen LogP contribution in [0.25, 0.3) is 0 Å². The van der Waals surface area contributed by atoms with Crippen LogP contribution in [0.15, 0.2) is 36.8 Å². The second kappa shape index (κ2) is 3.89. The first-order valence-corrected chi connectivity index (χ1v) is 5.23. The van der Waals surface area contributed by atoms with Gasteiger partial charge >= 0.3 is 0 Å². The van der Waals surface area contributed by atoms with Gasteiger partial charge in [0, 0.05) is 11.9 Å². The Morgan fingerprint density at radius 1 is 1.13 bits per heavy atom. The van der Waals surface area contributed by atoms with E-state index in [1.165, 1.54) is 16.8 Å². The van der Waals surface area contributed by atoms with Crippen molar-refractivity contribution in [1.82, 2.24) is 9.55 Å². The largest absolute Gasteiger partial charge is 0.328 e. The lowest BCUT2D eigenvalue weighted by Crippen LogP contribution is -2.06. The van der Waals surface area contributed by atoms with Crippen LogP contribution in [-0.4, -0.2) is 9.55 Å². The molecule has 0 saturated carbocycles. The molecule has 1 atom stereocenters. The van der Waals surface area contributed by atoms with Crippen molar-refractivity contribution >= 4 is 0 Å². The fourth-order valence-corrected chi connectivity index (χ4v) is 1.78. The third-order valence-corrected chi connectivity index (χ3v) is 2.84. The van der Waals surface area contributed by atoms with Gasteiger partial charge < -0.3 is 4.57 Å². The number of rotatable bonds is 2. The molecule has 2 rings (SSSR count). The Morgan fingerprint density at radius 2 is 1.80 bits per heavy atom. The van der Waals surface area contributed by atoms with Crippen molar-refractivity contribution in [3.05, 3.63) is 53.6 Å². The molecular formula is C13H16N2. The lowest BCUT2D eigenvalue weighted by atomic mass is 10.1. The zero-order valence-corrected chi connectivity index (χ0v) is 9.44. The molecule has 1 aromatic heterocycles. The molecule has 1 aromatic carbocycles. The molecule has 0 fully saturated rings. The molecule has 78 valence electrons. The van der Waals surface area contributed by atoms with E-state index in [0.717, 1.165) is 0 Å². The van der Waals surface area contributed by atoms with Gasteiger partial charge in [-0.15, -0.1) is 0 Å². The van der Waals surface area contributed by atoms with E-state index in [9.17, 15) is 0 Å². The Kier molecular flexibility index (Phi) is 2.58. The number of benzene rings is 1. The highest BCUT2D eigenvalue weighted by Crippen LogP contribution is 2.19. The van der Waals surface area contributed by atoms with E-state index in [2.05, 4.69) is 54.6 Å². The van der Waals surface area contributed by atoms with Gasteiger partial charge in [-0.2, -0.15) is 0 Å². The summed E-state index contributed by atoms with van der Waals surface area (Å²) in [5, 5.41) is 0. The monoisotopic (exact) mass is 200 g/mol. The van der Waals surface area contributed by atoms with Crippen molar-refractivity contribution in [2.24, 2.45) is 0 Å². The van der Waals surface area contributed by atoms with Gasteiger partial charge in [-0.25, -0.2) is 4.98 Å². The van der Waals surface area contributed by atoms with Gasteiger partial charge in [-0.1, -0.05) is 29.8 Å². The topological polar surface area (TPSA) is 17.8 Å². The molecule has 0 aliphatic rings. The summed E-state index contributed by atoms with van der Waals surface area (Å²) in [6.45, 7) is 6.38. The summed E-state index contributed by atoms with van der Waals surface area (Å²) < 4.78 is 2.19. The minimum absolute atomic E-state index is 0.355. The zero-order valence-electron chi connectivity index (χ0n) is 9.44. The van der Waals surface area contributed by atoms with Crippen molar-refractivity contribution in [1.29, 1.82) is 0 Å². The van der Waals surface area contributed by atoms with Crippen LogP contribution in [0.3, 0.4) is 0 Å². The quantitative estimate of drug-likeness (QED) is 0.728. The highest BCUT2D eigenvalue weighted by molar-refractivity contribution is 5.24.